The van der Waals surface area contributed by atoms with Crippen LogP contribution >= 0.6 is 0 Å². The zero-order valence-corrected chi connectivity index (χ0v) is 10.7. The summed E-state index contributed by atoms with van der Waals surface area (Å²) >= 11 is 0. The van der Waals surface area contributed by atoms with E-state index in [9.17, 15) is 14.0 Å². The maximum atomic E-state index is 13.4. The van der Waals surface area contributed by atoms with Crippen molar-refractivity contribution in [1.29, 1.82) is 0 Å². The third kappa shape index (κ3) is 3.29. The van der Waals surface area contributed by atoms with Crippen LogP contribution in [0.1, 0.15) is 6.92 Å². The number of amides is 2. The molecule has 0 saturated carbocycles. The molecule has 1 heterocycles. The lowest BCUT2D eigenvalue weighted by Gasteiger charge is -2.28. The van der Waals surface area contributed by atoms with Gasteiger partial charge in [-0.15, -0.1) is 0 Å². The molecule has 1 aliphatic rings. The van der Waals surface area contributed by atoms with Gasteiger partial charge in [-0.1, -0.05) is 12.1 Å². The van der Waals surface area contributed by atoms with E-state index in [1.54, 1.807) is 19.1 Å². The predicted octanol–water partition coefficient (Wildman–Crippen LogP) is -0.833. The number of piperazine rings is 1. The highest BCUT2D eigenvalue weighted by Crippen LogP contribution is 2.12. The van der Waals surface area contributed by atoms with Gasteiger partial charge in [-0.3, -0.25) is 9.59 Å². The summed E-state index contributed by atoms with van der Waals surface area (Å²) in [5, 5.41) is 5.27. The molecular weight excluding hydrogens is 249 g/mol. The van der Waals surface area contributed by atoms with Crippen LogP contribution in [0.4, 0.5) is 10.1 Å². The molecule has 1 saturated heterocycles. The summed E-state index contributed by atoms with van der Waals surface area (Å²) in [6, 6.07) is 5.63. The van der Waals surface area contributed by atoms with Crippen molar-refractivity contribution in [1.82, 2.24) is 5.32 Å². The van der Waals surface area contributed by atoms with E-state index in [0.29, 0.717) is 13.1 Å². The predicted molar refractivity (Wildman–Crippen MR) is 68.2 cm³/mol. The molecule has 0 bridgehead atoms. The SMILES string of the molecule is C[C@H](C(=O)Nc1ccccc1F)[NH+]1CCNC(=O)C1. The van der Waals surface area contributed by atoms with E-state index in [2.05, 4.69) is 10.6 Å². The minimum absolute atomic E-state index is 0.0632. The van der Waals surface area contributed by atoms with E-state index < -0.39 is 11.9 Å². The van der Waals surface area contributed by atoms with Crippen molar-refractivity contribution in [2.45, 2.75) is 13.0 Å². The van der Waals surface area contributed by atoms with Gasteiger partial charge in [0.05, 0.1) is 18.8 Å². The average molecular weight is 266 g/mol. The average Bonchev–Trinajstić information content (AvgIpc) is 2.40. The number of hydrogen-bond acceptors (Lipinski definition) is 2. The summed E-state index contributed by atoms with van der Waals surface area (Å²) in [5.41, 5.74) is 0.167. The topological polar surface area (TPSA) is 62.6 Å². The van der Waals surface area contributed by atoms with Crippen LogP contribution in [0, 0.1) is 5.82 Å². The molecule has 0 aromatic heterocycles. The van der Waals surface area contributed by atoms with E-state index in [1.165, 1.54) is 12.1 Å². The molecule has 2 rings (SSSR count). The minimum Gasteiger partial charge on any atom is -0.346 e. The van der Waals surface area contributed by atoms with Gasteiger partial charge in [0.25, 0.3) is 11.8 Å². The van der Waals surface area contributed by atoms with Crippen LogP contribution in [0.5, 0.6) is 0 Å². The highest BCUT2D eigenvalue weighted by atomic mass is 19.1. The van der Waals surface area contributed by atoms with Crippen molar-refractivity contribution in [3.05, 3.63) is 30.1 Å². The van der Waals surface area contributed by atoms with Crippen molar-refractivity contribution in [2.75, 3.05) is 25.0 Å². The number of nitrogens with one attached hydrogen (secondary N) is 3. The van der Waals surface area contributed by atoms with Crippen molar-refractivity contribution in [2.24, 2.45) is 0 Å². The molecular formula is C13H17FN3O2+. The molecule has 5 nitrogen and oxygen atoms in total. The Morgan fingerprint density at radius 1 is 1.47 bits per heavy atom. The quantitative estimate of drug-likeness (QED) is 0.668. The lowest BCUT2D eigenvalue weighted by atomic mass is 10.2. The number of halogens is 1. The van der Waals surface area contributed by atoms with Crippen LogP contribution < -0.4 is 15.5 Å². The van der Waals surface area contributed by atoms with Gasteiger partial charge < -0.3 is 15.5 Å². The Balaban J connectivity index is 1.99. The van der Waals surface area contributed by atoms with E-state index in [-0.39, 0.29) is 24.0 Å². The van der Waals surface area contributed by atoms with Gasteiger partial charge in [0, 0.05) is 0 Å². The number of carbonyl (C=O) groups is 2. The number of benzene rings is 1. The molecule has 102 valence electrons. The molecule has 1 aromatic carbocycles. The molecule has 3 N–H and O–H groups in total. The third-order valence-electron chi connectivity index (χ3n) is 3.29. The third-order valence-corrected chi connectivity index (χ3v) is 3.29. The van der Waals surface area contributed by atoms with Gasteiger partial charge in [0.15, 0.2) is 12.6 Å². The summed E-state index contributed by atoms with van der Waals surface area (Å²) in [6.07, 6.45) is 0. The maximum Gasteiger partial charge on any atom is 0.282 e. The van der Waals surface area contributed by atoms with Crippen LogP contribution in [0.2, 0.25) is 0 Å². The molecule has 1 unspecified atom stereocenters. The first-order valence-electron chi connectivity index (χ1n) is 6.24. The number of carbonyl (C=O) groups excluding carboxylic acids is 2. The van der Waals surface area contributed by atoms with Crippen molar-refractivity contribution >= 4 is 17.5 Å². The molecule has 6 heteroatoms. The molecule has 0 radical (unpaired) electrons. The van der Waals surface area contributed by atoms with Crippen molar-refractivity contribution < 1.29 is 18.9 Å². The molecule has 1 fully saturated rings. The fourth-order valence-electron chi connectivity index (χ4n) is 2.08. The van der Waals surface area contributed by atoms with Gasteiger partial charge in [0.1, 0.15) is 5.82 Å². The summed E-state index contributed by atoms with van der Waals surface area (Å²) in [5.74, 6) is -0.809. The Bertz CT molecular complexity index is 493. The second-order valence-corrected chi connectivity index (χ2v) is 4.63. The van der Waals surface area contributed by atoms with Crippen LogP contribution in [-0.4, -0.2) is 37.5 Å². The number of rotatable bonds is 3. The van der Waals surface area contributed by atoms with E-state index in [1.807, 2.05) is 0 Å². The van der Waals surface area contributed by atoms with Gasteiger partial charge in [-0.2, -0.15) is 0 Å². The van der Waals surface area contributed by atoms with E-state index in [4.69, 9.17) is 0 Å². The normalized spacial score (nSPS) is 20.5. The highest BCUT2D eigenvalue weighted by molar-refractivity contribution is 5.93. The number of anilines is 1. The molecule has 1 aromatic rings. The molecule has 1 aliphatic heterocycles. The Morgan fingerprint density at radius 2 is 2.21 bits per heavy atom. The van der Waals surface area contributed by atoms with Crippen LogP contribution in [0.3, 0.4) is 0 Å². The Hall–Kier alpha value is -1.95. The highest BCUT2D eigenvalue weighted by Gasteiger charge is 2.29. The van der Waals surface area contributed by atoms with Crippen LogP contribution in [0.15, 0.2) is 24.3 Å². The zero-order chi connectivity index (χ0) is 13.8. The minimum atomic E-state index is -0.463. The summed E-state index contributed by atoms with van der Waals surface area (Å²) in [6.45, 7) is 3.26. The number of para-hydroxylation sites is 1. The standard InChI is InChI=1S/C13H16FN3O2/c1-9(17-7-6-15-12(18)8-17)13(19)16-11-5-3-2-4-10(11)14/h2-5,9H,6-8H2,1H3,(H,15,18)(H,16,19)/p+1/t9-/m1/s1. The number of hydrogen-bond donors (Lipinski definition) is 3. The first kappa shape index (κ1) is 13.5. The summed E-state index contributed by atoms with van der Waals surface area (Å²) in [7, 11) is 0. The van der Waals surface area contributed by atoms with Crippen LogP contribution in [0.25, 0.3) is 0 Å². The summed E-state index contributed by atoms with van der Waals surface area (Å²) < 4.78 is 13.4. The second-order valence-electron chi connectivity index (χ2n) is 4.63. The molecule has 0 spiro atoms. The monoisotopic (exact) mass is 266 g/mol. The lowest BCUT2D eigenvalue weighted by Crippen LogP contribution is -3.19. The second kappa shape index (κ2) is 5.79. The van der Waals surface area contributed by atoms with Crippen molar-refractivity contribution in [3.63, 3.8) is 0 Å². The van der Waals surface area contributed by atoms with Crippen LogP contribution in [-0.2, 0) is 9.59 Å². The first-order chi connectivity index (χ1) is 9.08. The lowest BCUT2D eigenvalue weighted by molar-refractivity contribution is -0.907. The van der Waals surface area contributed by atoms with Crippen molar-refractivity contribution in [3.8, 4) is 0 Å². The number of quaternary nitrogens is 1. The van der Waals surface area contributed by atoms with Gasteiger partial charge in [-0.25, -0.2) is 4.39 Å². The molecule has 0 aliphatic carbocycles. The van der Waals surface area contributed by atoms with Gasteiger partial charge >= 0.3 is 0 Å². The molecule has 2 atom stereocenters. The fourth-order valence-corrected chi connectivity index (χ4v) is 2.08. The zero-order valence-electron chi connectivity index (χ0n) is 10.7. The Morgan fingerprint density at radius 3 is 2.89 bits per heavy atom. The van der Waals surface area contributed by atoms with Gasteiger partial charge in [-0.05, 0) is 19.1 Å². The first-order valence-corrected chi connectivity index (χ1v) is 6.24. The summed E-state index contributed by atoms with van der Waals surface area (Å²) in [4.78, 5) is 24.2. The molecule has 19 heavy (non-hydrogen) atoms. The smallest absolute Gasteiger partial charge is 0.282 e. The maximum absolute atomic E-state index is 13.4. The Kier molecular flexibility index (Phi) is 4.11. The molecule has 2 amide bonds. The fraction of sp³-hybridized carbons (Fsp3) is 0.385. The van der Waals surface area contributed by atoms with E-state index in [0.717, 1.165) is 4.90 Å². The Labute approximate surface area is 110 Å². The largest absolute Gasteiger partial charge is 0.346 e. The van der Waals surface area contributed by atoms with Gasteiger partial charge in [0.2, 0.25) is 0 Å². The van der Waals surface area contributed by atoms with E-state index >= 15 is 0 Å².